The fourth-order valence-electron chi connectivity index (χ4n) is 9.75. The molecule has 5 aliphatic carbocycles. The number of ether oxygens (including phenoxy) is 2. The molecule has 2 spiro atoms. The number of benzene rings is 2. The van der Waals surface area contributed by atoms with Crippen LogP contribution in [0.25, 0.3) is 0 Å². The van der Waals surface area contributed by atoms with Gasteiger partial charge in [-0.25, -0.2) is 0 Å². The predicted molar refractivity (Wildman–Crippen MR) is 141 cm³/mol. The molecule has 7 aliphatic rings. The van der Waals surface area contributed by atoms with Crippen LogP contribution in [0.4, 0.5) is 0 Å². The predicted octanol–water partition coefficient (Wildman–Crippen LogP) is 4.82. The third-order valence-electron chi connectivity index (χ3n) is 11.5. The number of rotatable bonds is 5. The molecule has 2 aliphatic heterocycles. The third-order valence-corrected chi connectivity index (χ3v) is 11.5. The number of aromatic hydroxyl groups is 1. The monoisotopic (exact) mass is 499 g/mol. The number of methoxy groups -OCH3 is 1. The highest BCUT2D eigenvalue weighted by atomic mass is 16.6. The topological polar surface area (TPSA) is 62.2 Å². The second-order valence-electron chi connectivity index (χ2n) is 13.1. The van der Waals surface area contributed by atoms with Gasteiger partial charge in [-0.15, -0.1) is 0 Å². The molecule has 2 heterocycles. The summed E-state index contributed by atoms with van der Waals surface area (Å²) in [5, 5.41) is 23.2. The molecule has 4 bridgehead atoms. The Morgan fingerprint density at radius 2 is 2.03 bits per heavy atom. The van der Waals surface area contributed by atoms with Crippen molar-refractivity contribution in [3.63, 3.8) is 0 Å². The van der Waals surface area contributed by atoms with Crippen molar-refractivity contribution in [2.24, 2.45) is 16.7 Å². The van der Waals surface area contributed by atoms with E-state index in [1.807, 2.05) is 18.2 Å². The largest absolute Gasteiger partial charge is 0.504 e. The van der Waals surface area contributed by atoms with Crippen LogP contribution < -0.4 is 4.74 Å². The summed E-state index contributed by atoms with van der Waals surface area (Å²) >= 11 is 0. The molecule has 37 heavy (non-hydrogen) atoms. The summed E-state index contributed by atoms with van der Waals surface area (Å²) in [7, 11) is 1.77. The van der Waals surface area contributed by atoms with Crippen molar-refractivity contribution in [2.45, 2.75) is 75.2 Å². The SMILES string of the molecule is CO[C@@]12C=C[C@]3(C[C@]1(C)[C@@H](O)c1cccc(C)c1)[C@@H]1Cc4ccc(O)c5c4[C@]3(CCN1CC1CC1)[C@@H]2O5. The zero-order chi connectivity index (χ0) is 25.4. The average molecular weight is 500 g/mol. The quantitative estimate of drug-likeness (QED) is 0.578. The molecule has 0 radical (unpaired) electrons. The average Bonchev–Trinajstić information content (AvgIpc) is 3.63. The second-order valence-corrected chi connectivity index (χ2v) is 13.1. The van der Waals surface area contributed by atoms with E-state index < -0.39 is 17.1 Å². The van der Waals surface area contributed by atoms with Crippen molar-refractivity contribution in [1.82, 2.24) is 4.90 Å². The zero-order valence-electron chi connectivity index (χ0n) is 22.0. The molecule has 194 valence electrons. The Hall–Kier alpha value is -2.34. The summed E-state index contributed by atoms with van der Waals surface area (Å²) in [5.41, 5.74) is 2.70. The number of phenols is 1. The van der Waals surface area contributed by atoms with Gasteiger partial charge in [0, 0.05) is 36.1 Å². The third kappa shape index (κ3) is 2.44. The van der Waals surface area contributed by atoms with Crippen LogP contribution >= 0.6 is 0 Å². The lowest BCUT2D eigenvalue weighted by molar-refractivity contribution is -0.270. The molecule has 0 aromatic heterocycles. The first-order chi connectivity index (χ1) is 17.8. The van der Waals surface area contributed by atoms with Crippen LogP contribution in [0.2, 0.25) is 0 Å². The van der Waals surface area contributed by atoms with Gasteiger partial charge in [0.2, 0.25) is 0 Å². The molecule has 3 fully saturated rings. The summed E-state index contributed by atoms with van der Waals surface area (Å²) < 4.78 is 13.5. The molecular formula is C32H37NO4. The lowest BCUT2D eigenvalue weighted by atomic mass is 9.33. The number of aliphatic hydroxyl groups is 1. The van der Waals surface area contributed by atoms with Crippen molar-refractivity contribution >= 4 is 0 Å². The summed E-state index contributed by atoms with van der Waals surface area (Å²) in [6.07, 6.45) is 9.13. The van der Waals surface area contributed by atoms with Gasteiger partial charge in [-0.2, -0.15) is 0 Å². The Labute approximate surface area is 219 Å². The van der Waals surface area contributed by atoms with Gasteiger partial charge in [0.05, 0.1) is 11.5 Å². The molecule has 9 rings (SSSR count). The molecule has 5 heteroatoms. The van der Waals surface area contributed by atoms with Crippen LogP contribution in [0.3, 0.4) is 0 Å². The minimum atomic E-state index is -0.832. The number of hydrogen-bond acceptors (Lipinski definition) is 5. The Morgan fingerprint density at radius 1 is 1.19 bits per heavy atom. The van der Waals surface area contributed by atoms with Gasteiger partial charge in [0.1, 0.15) is 11.7 Å². The summed E-state index contributed by atoms with van der Waals surface area (Å²) in [4.78, 5) is 2.77. The Bertz CT molecular complexity index is 1350. The van der Waals surface area contributed by atoms with E-state index in [0.29, 0.717) is 11.8 Å². The van der Waals surface area contributed by atoms with Crippen molar-refractivity contribution in [2.75, 3.05) is 20.2 Å². The standard InChI is InChI=1S/C32H37NO4/c1-19-5-4-6-22(15-19)27(35)29(2)18-30-11-12-32(29,36-3)28-31(30)13-14-33(17-20-7-8-20)24(30)16-21-9-10-23(34)26(37-28)25(21)31/h4-6,9-12,15,20,24,27-28,34-35H,7-8,13-14,16-18H2,1-3H3/t24-,27-,28-,29+,30-,31+,32+/m0/s1. The number of phenolic OH excluding ortho intramolecular Hbond substituents is 1. The smallest absolute Gasteiger partial charge is 0.165 e. The van der Waals surface area contributed by atoms with Crippen LogP contribution in [0.15, 0.2) is 48.6 Å². The highest BCUT2D eigenvalue weighted by molar-refractivity contribution is 5.65. The van der Waals surface area contributed by atoms with Gasteiger partial charge >= 0.3 is 0 Å². The van der Waals surface area contributed by atoms with Crippen LogP contribution in [-0.4, -0.2) is 53.1 Å². The first-order valence-electron chi connectivity index (χ1n) is 14.1. The van der Waals surface area contributed by atoms with Crippen molar-refractivity contribution in [3.8, 4) is 11.5 Å². The van der Waals surface area contributed by atoms with Gasteiger partial charge in [-0.3, -0.25) is 4.90 Å². The second kappa shape index (κ2) is 6.99. The van der Waals surface area contributed by atoms with Gasteiger partial charge in [0.25, 0.3) is 0 Å². The summed E-state index contributed by atoms with van der Waals surface area (Å²) in [5.74, 6) is 1.69. The van der Waals surface area contributed by atoms with Crippen LogP contribution in [0.5, 0.6) is 11.5 Å². The molecule has 5 nitrogen and oxygen atoms in total. The van der Waals surface area contributed by atoms with Gasteiger partial charge in [-0.05, 0) is 68.7 Å². The zero-order valence-corrected chi connectivity index (χ0v) is 22.0. The van der Waals surface area contributed by atoms with E-state index in [1.54, 1.807) is 7.11 Å². The van der Waals surface area contributed by atoms with E-state index >= 15 is 0 Å². The Morgan fingerprint density at radius 3 is 2.78 bits per heavy atom. The molecule has 2 aromatic carbocycles. The van der Waals surface area contributed by atoms with Crippen LogP contribution in [0, 0.1) is 23.7 Å². The molecule has 7 atom stereocenters. The lowest BCUT2D eigenvalue weighted by Gasteiger charge is -2.74. The molecule has 1 saturated heterocycles. The number of aliphatic hydroxyl groups excluding tert-OH is 1. The first kappa shape index (κ1) is 22.6. The molecule has 2 N–H and O–H groups in total. The van der Waals surface area contributed by atoms with E-state index in [0.717, 1.165) is 49.4 Å². The van der Waals surface area contributed by atoms with Crippen molar-refractivity contribution in [3.05, 3.63) is 70.8 Å². The fraction of sp³-hybridized carbons (Fsp3) is 0.562. The van der Waals surface area contributed by atoms with Gasteiger partial charge in [0.15, 0.2) is 11.5 Å². The number of piperidine rings is 1. The van der Waals surface area contributed by atoms with E-state index in [2.05, 4.69) is 49.1 Å². The maximum atomic E-state index is 12.2. The minimum Gasteiger partial charge on any atom is -0.504 e. The van der Waals surface area contributed by atoms with E-state index in [4.69, 9.17) is 9.47 Å². The highest BCUT2D eigenvalue weighted by Crippen LogP contribution is 2.78. The number of nitrogens with zero attached hydrogens (tertiary/aromatic N) is 1. The number of hydrogen-bond donors (Lipinski definition) is 2. The van der Waals surface area contributed by atoms with Gasteiger partial charge in [-0.1, -0.05) is 55.0 Å². The molecule has 0 unspecified atom stereocenters. The molecule has 0 amide bonds. The lowest BCUT2D eigenvalue weighted by Crippen LogP contribution is -2.81. The summed E-state index contributed by atoms with van der Waals surface area (Å²) in [6, 6.07) is 12.5. The Kier molecular flexibility index (Phi) is 4.28. The molecule has 2 aromatic rings. The van der Waals surface area contributed by atoms with Crippen LogP contribution in [-0.2, 0) is 16.6 Å². The van der Waals surface area contributed by atoms with Crippen molar-refractivity contribution < 1.29 is 19.7 Å². The highest BCUT2D eigenvalue weighted by Gasteiger charge is 2.82. The first-order valence-corrected chi connectivity index (χ1v) is 14.1. The normalized spacial score (nSPS) is 41.4. The van der Waals surface area contributed by atoms with Crippen molar-refractivity contribution in [1.29, 1.82) is 0 Å². The van der Waals surface area contributed by atoms with E-state index in [-0.39, 0.29) is 22.7 Å². The number of fused-ring (bicyclic) bond motifs is 1. The number of aryl methyl sites for hydroxylation is 1. The van der Waals surface area contributed by atoms with Gasteiger partial charge < -0.3 is 19.7 Å². The summed E-state index contributed by atoms with van der Waals surface area (Å²) in [6.45, 7) is 6.49. The fourth-order valence-corrected chi connectivity index (χ4v) is 9.75. The maximum Gasteiger partial charge on any atom is 0.165 e. The van der Waals surface area contributed by atoms with E-state index in [1.165, 1.54) is 24.0 Å². The number of likely N-dealkylation sites (tertiary alicyclic amines) is 1. The Balaban J connectivity index is 1.38. The maximum absolute atomic E-state index is 12.2. The molecule has 2 saturated carbocycles. The molecular weight excluding hydrogens is 462 g/mol. The van der Waals surface area contributed by atoms with E-state index in [9.17, 15) is 10.2 Å². The van der Waals surface area contributed by atoms with Crippen LogP contribution in [0.1, 0.15) is 61.0 Å². The minimum absolute atomic E-state index is 0.198.